The van der Waals surface area contributed by atoms with E-state index in [0.29, 0.717) is 31.9 Å². The largest absolute Gasteiger partial charge is 0.497 e. The summed E-state index contributed by atoms with van der Waals surface area (Å²) in [5.41, 5.74) is 5.34. The molecule has 1 fully saturated rings. The van der Waals surface area contributed by atoms with Crippen LogP contribution in [0.1, 0.15) is 40.5 Å². The number of allylic oxidation sites excluding steroid dienone is 1. The van der Waals surface area contributed by atoms with Gasteiger partial charge in [-0.2, -0.15) is 0 Å². The number of hydrogen-bond acceptors (Lipinski definition) is 5. The number of para-hydroxylation sites is 1. The number of carbonyl (C=O) groups is 2. The molecule has 5 rings (SSSR count). The minimum absolute atomic E-state index is 0.0863. The summed E-state index contributed by atoms with van der Waals surface area (Å²) in [4.78, 5) is 33.2. The van der Waals surface area contributed by atoms with Crippen LogP contribution in [0.3, 0.4) is 0 Å². The highest BCUT2D eigenvalue weighted by Gasteiger charge is 2.29. The zero-order chi connectivity index (χ0) is 24.4. The fraction of sp³-hybridized carbons (Fsp3) is 0.321. The van der Waals surface area contributed by atoms with Crippen molar-refractivity contribution >= 4 is 34.4 Å². The molecule has 0 radical (unpaired) electrons. The minimum atomic E-state index is -0.626. The molecule has 2 aromatic carbocycles. The number of carbonyl (C=O) groups excluding carboxylic acids is 2. The van der Waals surface area contributed by atoms with E-state index in [2.05, 4.69) is 11.4 Å². The SMILES string of the molecule is COc1ccc(/C=C2/CCc3c2nc2ccccc2c3C(=O)NC(C)C(=O)N2CCOCC2)cc1. The van der Waals surface area contributed by atoms with Crippen LogP contribution in [0.5, 0.6) is 5.75 Å². The van der Waals surface area contributed by atoms with Gasteiger partial charge in [0.15, 0.2) is 0 Å². The minimum Gasteiger partial charge on any atom is -0.497 e. The van der Waals surface area contributed by atoms with Crippen molar-refractivity contribution in [2.75, 3.05) is 33.4 Å². The summed E-state index contributed by atoms with van der Waals surface area (Å²) in [6.07, 6.45) is 3.65. The van der Waals surface area contributed by atoms with E-state index in [1.807, 2.05) is 48.5 Å². The first-order valence-corrected chi connectivity index (χ1v) is 12.0. The molecule has 35 heavy (non-hydrogen) atoms. The molecule has 1 aliphatic heterocycles. The van der Waals surface area contributed by atoms with Crippen molar-refractivity contribution in [3.63, 3.8) is 0 Å². The summed E-state index contributed by atoms with van der Waals surface area (Å²) in [6.45, 7) is 3.89. The summed E-state index contributed by atoms with van der Waals surface area (Å²) in [7, 11) is 1.65. The first kappa shape index (κ1) is 23.1. The molecular weight excluding hydrogens is 442 g/mol. The van der Waals surface area contributed by atoms with Gasteiger partial charge in [-0.05, 0) is 60.7 Å². The topological polar surface area (TPSA) is 80.8 Å². The number of nitrogens with one attached hydrogen (secondary N) is 1. The average Bonchev–Trinajstić information content (AvgIpc) is 3.29. The molecule has 1 unspecified atom stereocenters. The number of ether oxygens (including phenoxy) is 2. The van der Waals surface area contributed by atoms with Crippen molar-refractivity contribution in [2.45, 2.75) is 25.8 Å². The number of nitrogens with zero attached hydrogens (tertiary/aromatic N) is 2. The van der Waals surface area contributed by atoms with Crippen LogP contribution in [0.2, 0.25) is 0 Å². The van der Waals surface area contributed by atoms with E-state index in [0.717, 1.165) is 51.9 Å². The molecule has 0 bridgehead atoms. The first-order valence-electron chi connectivity index (χ1n) is 12.0. The zero-order valence-electron chi connectivity index (χ0n) is 20.0. The highest BCUT2D eigenvalue weighted by atomic mass is 16.5. The van der Waals surface area contributed by atoms with Crippen molar-refractivity contribution in [1.29, 1.82) is 0 Å². The Hall–Kier alpha value is -3.71. The number of aromatic nitrogens is 1. The lowest BCUT2D eigenvalue weighted by molar-refractivity contribution is -0.136. The average molecular weight is 472 g/mol. The number of rotatable bonds is 5. The molecule has 2 heterocycles. The standard InChI is InChI=1S/C28H29N3O4/c1-18(28(33)31-13-15-35-16-14-31)29-27(32)25-22-5-3-4-6-24(22)30-26-20(9-12-23(25)26)17-19-7-10-21(34-2)11-8-19/h3-8,10-11,17-18H,9,12-16H2,1-2H3,(H,29,32)/b20-17-. The molecule has 3 aromatic rings. The Morgan fingerprint density at radius 2 is 1.83 bits per heavy atom. The van der Waals surface area contributed by atoms with Crippen molar-refractivity contribution < 1.29 is 19.1 Å². The number of fused-ring (bicyclic) bond motifs is 2. The quantitative estimate of drug-likeness (QED) is 0.614. The highest BCUT2D eigenvalue weighted by molar-refractivity contribution is 6.10. The van der Waals surface area contributed by atoms with Gasteiger partial charge in [0.05, 0.1) is 37.1 Å². The van der Waals surface area contributed by atoms with Gasteiger partial charge in [0.2, 0.25) is 5.91 Å². The van der Waals surface area contributed by atoms with Crippen molar-refractivity contribution in [3.05, 3.63) is 70.9 Å². The van der Waals surface area contributed by atoms with Gasteiger partial charge in [0.1, 0.15) is 11.8 Å². The van der Waals surface area contributed by atoms with Crippen LogP contribution < -0.4 is 10.1 Å². The van der Waals surface area contributed by atoms with E-state index in [-0.39, 0.29) is 11.8 Å². The molecule has 1 saturated heterocycles. The molecule has 1 atom stereocenters. The van der Waals surface area contributed by atoms with Gasteiger partial charge in [-0.25, -0.2) is 4.98 Å². The number of morpholine rings is 1. The van der Waals surface area contributed by atoms with Crippen molar-refractivity contribution in [3.8, 4) is 5.75 Å². The predicted octanol–water partition coefficient (Wildman–Crippen LogP) is 3.71. The Morgan fingerprint density at radius 1 is 1.09 bits per heavy atom. The Morgan fingerprint density at radius 3 is 2.57 bits per heavy atom. The first-order chi connectivity index (χ1) is 17.0. The summed E-state index contributed by atoms with van der Waals surface area (Å²) in [5, 5.41) is 3.77. The van der Waals surface area contributed by atoms with Crippen LogP contribution in [0.4, 0.5) is 0 Å². The van der Waals surface area contributed by atoms with Crippen LogP contribution in [0, 0.1) is 0 Å². The fourth-order valence-corrected chi connectivity index (χ4v) is 4.83. The van der Waals surface area contributed by atoms with Gasteiger partial charge < -0.3 is 19.7 Å². The van der Waals surface area contributed by atoms with Gasteiger partial charge in [-0.1, -0.05) is 30.3 Å². The molecule has 180 valence electrons. The van der Waals surface area contributed by atoms with Crippen LogP contribution in [-0.2, 0) is 16.0 Å². The second kappa shape index (κ2) is 9.88. The number of pyridine rings is 1. The molecule has 0 spiro atoms. The lowest BCUT2D eigenvalue weighted by Crippen LogP contribution is -2.50. The Balaban J connectivity index is 1.48. The number of benzene rings is 2. The molecule has 0 saturated carbocycles. The maximum atomic E-state index is 13.6. The van der Waals surface area contributed by atoms with Gasteiger partial charge in [-0.3, -0.25) is 9.59 Å². The molecular formula is C28H29N3O4. The van der Waals surface area contributed by atoms with E-state index in [9.17, 15) is 9.59 Å². The third-order valence-electron chi connectivity index (χ3n) is 6.67. The summed E-state index contributed by atoms with van der Waals surface area (Å²) in [6, 6.07) is 15.0. The van der Waals surface area contributed by atoms with Gasteiger partial charge in [0, 0.05) is 18.5 Å². The number of amides is 2. The van der Waals surface area contributed by atoms with Crippen LogP contribution in [-0.4, -0.2) is 61.2 Å². The monoisotopic (exact) mass is 471 g/mol. The lowest BCUT2D eigenvalue weighted by Gasteiger charge is -2.29. The van der Waals surface area contributed by atoms with E-state index in [4.69, 9.17) is 14.5 Å². The number of methoxy groups -OCH3 is 1. The van der Waals surface area contributed by atoms with Gasteiger partial charge in [-0.15, -0.1) is 0 Å². The van der Waals surface area contributed by atoms with Gasteiger partial charge in [0.25, 0.3) is 5.91 Å². The molecule has 1 N–H and O–H groups in total. The van der Waals surface area contributed by atoms with E-state index in [1.165, 1.54) is 0 Å². The van der Waals surface area contributed by atoms with Gasteiger partial charge >= 0.3 is 0 Å². The molecule has 7 nitrogen and oxygen atoms in total. The van der Waals surface area contributed by atoms with Crippen LogP contribution >= 0.6 is 0 Å². The normalized spacial score (nSPS) is 17.3. The smallest absolute Gasteiger partial charge is 0.252 e. The number of hydrogen-bond donors (Lipinski definition) is 1. The van der Waals surface area contributed by atoms with Crippen LogP contribution in [0.25, 0.3) is 22.6 Å². The Bertz CT molecular complexity index is 1290. The summed E-state index contributed by atoms with van der Waals surface area (Å²) >= 11 is 0. The summed E-state index contributed by atoms with van der Waals surface area (Å²) in [5.74, 6) is 0.485. The van der Waals surface area contributed by atoms with Crippen molar-refractivity contribution in [2.24, 2.45) is 0 Å². The van der Waals surface area contributed by atoms with E-state index >= 15 is 0 Å². The van der Waals surface area contributed by atoms with Crippen LogP contribution in [0.15, 0.2) is 48.5 Å². The summed E-state index contributed by atoms with van der Waals surface area (Å²) < 4.78 is 10.6. The Kier molecular flexibility index (Phi) is 6.51. The third kappa shape index (κ3) is 4.64. The molecule has 1 aliphatic carbocycles. The second-order valence-electron chi connectivity index (χ2n) is 8.91. The second-order valence-corrected chi connectivity index (χ2v) is 8.91. The van der Waals surface area contributed by atoms with E-state index < -0.39 is 6.04 Å². The molecule has 2 aliphatic rings. The molecule has 1 aromatic heterocycles. The zero-order valence-corrected chi connectivity index (χ0v) is 20.0. The fourth-order valence-electron chi connectivity index (χ4n) is 4.83. The maximum absolute atomic E-state index is 13.6. The third-order valence-corrected chi connectivity index (χ3v) is 6.67. The molecule has 7 heteroatoms. The highest BCUT2D eigenvalue weighted by Crippen LogP contribution is 2.37. The maximum Gasteiger partial charge on any atom is 0.252 e. The van der Waals surface area contributed by atoms with E-state index in [1.54, 1.807) is 18.9 Å². The molecule has 2 amide bonds. The van der Waals surface area contributed by atoms with Crippen molar-refractivity contribution in [1.82, 2.24) is 15.2 Å². The Labute approximate surface area is 204 Å². The predicted molar refractivity (Wildman–Crippen MR) is 135 cm³/mol. The lowest BCUT2D eigenvalue weighted by atomic mass is 9.99.